The number of nitrogens with zero attached hydrogens (tertiary/aromatic N) is 2. The van der Waals surface area contributed by atoms with Crippen LogP contribution in [0, 0.1) is 13.8 Å². The van der Waals surface area contributed by atoms with E-state index in [1.165, 1.54) is 10.6 Å². The summed E-state index contributed by atoms with van der Waals surface area (Å²) >= 11 is 3.46. The number of halogens is 1. The summed E-state index contributed by atoms with van der Waals surface area (Å²) in [6.45, 7) is 6.78. The molecule has 41 heavy (non-hydrogen) atoms. The van der Waals surface area contributed by atoms with Crippen molar-refractivity contribution in [1.82, 2.24) is 10.2 Å². The van der Waals surface area contributed by atoms with Crippen LogP contribution in [0.25, 0.3) is 0 Å². The number of rotatable bonds is 14. The van der Waals surface area contributed by atoms with E-state index in [0.717, 1.165) is 33.1 Å². The number of benzene rings is 3. The maximum absolute atomic E-state index is 13.9. The first-order valence-corrected chi connectivity index (χ1v) is 16.5. The molecule has 0 aliphatic rings. The Bertz CT molecular complexity index is 1390. The highest BCUT2D eigenvalue weighted by Gasteiger charge is 2.30. The van der Waals surface area contributed by atoms with Gasteiger partial charge in [0.1, 0.15) is 6.04 Å². The van der Waals surface area contributed by atoms with E-state index < -0.39 is 16.1 Å². The van der Waals surface area contributed by atoms with Crippen molar-refractivity contribution in [3.8, 4) is 0 Å². The van der Waals surface area contributed by atoms with E-state index in [9.17, 15) is 18.0 Å². The van der Waals surface area contributed by atoms with Crippen molar-refractivity contribution in [2.45, 2.75) is 59.0 Å². The molecule has 2 amide bonds. The molecule has 0 aromatic heterocycles. The lowest BCUT2D eigenvalue weighted by Gasteiger charge is -2.32. The van der Waals surface area contributed by atoms with Crippen LogP contribution in [0.3, 0.4) is 0 Å². The lowest BCUT2D eigenvalue weighted by Crippen LogP contribution is -2.50. The van der Waals surface area contributed by atoms with Crippen LogP contribution in [0.5, 0.6) is 0 Å². The van der Waals surface area contributed by atoms with Crippen LogP contribution in [0.1, 0.15) is 48.4 Å². The van der Waals surface area contributed by atoms with Crippen molar-refractivity contribution in [1.29, 1.82) is 0 Å². The third-order valence-electron chi connectivity index (χ3n) is 6.73. The smallest absolute Gasteiger partial charge is 0.243 e. The summed E-state index contributed by atoms with van der Waals surface area (Å²) in [5.41, 5.74) is 4.37. The van der Waals surface area contributed by atoms with Crippen LogP contribution < -0.4 is 9.62 Å². The summed E-state index contributed by atoms with van der Waals surface area (Å²) in [5.74, 6) is -0.400. The quantitative estimate of drug-likeness (QED) is 0.242. The van der Waals surface area contributed by atoms with Gasteiger partial charge >= 0.3 is 0 Å². The zero-order valence-electron chi connectivity index (χ0n) is 24.3. The Morgan fingerprint density at radius 1 is 0.927 bits per heavy atom. The molecule has 0 saturated heterocycles. The summed E-state index contributed by atoms with van der Waals surface area (Å²) in [4.78, 5) is 29.0. The van der Waals surface area contributed by atoms with Gasteiger partial charge in [-0.25, -0.2) is 8.42 Å². The predicted octanol–water partition coefficient (Wildman–Crippen LogP) is 5.78. The van der Waals surface area contributed by atoms with Gasteiger partial charge in [0.25, 0.3) is 0 Å². The van der Waals surface area contributed by atoms with Gasteiger partial charge in [-0.3, -0.25) is 13.9 Å². The predicted molar refractivity (Wildman–Crippen MR) is 169 cm³/mol. The molecule has 0 fully saturated rings. The molecule has 0 spiro atoms. The molecule has 0 aliphatic carbocycles. The topological polar surface area (TPSA) is 86.8 Å². The Kier molecular flexibility index (Phi) is 12.0. The first-order chi connectivity index (χ1) is 19.5. The third kappa shape index (κ3) is 10.0. The maximum Gasteiger partial charge on any atom is 0.243 e. The number of carbonyl (C=O) groups excluding carboxylic acids is 2. The minimum Gasteiger partial charge on any atom is -0.354 e. The second-order valence-corrected chi connectivity index (χ2v) is 13.3. The minimum atomic E-state index is -3.56. The van der Waals surface area contributed by atoms with Gasteiger partial charge < -0.3 is 10.2 Å². The van der Waals surface area contributed by atoms with Crippen LogP contribution in [-0.2, 0) is 32.6 Å². The zero-order valence-corrected chi connectivity index (χ0v) is 26.7. The average molecular weight is 643 g/mol. The highest BCUT2D eigenvalue weighted by atomic mass is 79.9. The normalized spacial score (nSPS) is 12.0. The fourth-order valence-electron chi connectivity index (χ4n) is 4.81. The molecular formula is C32H40BrN3O4S. The minimum absolute atomic E-state index is 0.0969. The molecule has 0 aliphatic heterocycles. The van der Waals surface area contributed by atoms with Crippen LogP contribution in [0.15, 0.2) is 77.3 Å². The molecule has 220 valence electrons. The van der Waals surface area contributed by atoms with Gasteiger partial charge in [-0.15, -0.1) is 0 Å². The van der Waals surface area contributed by atoms with Crippen LogP contribution in [0.4, 0.5) is 5.69 Å². The van der Waals surface area contributed by atoms with Gasteiger partial charge in [-0.2, -0.15) is 0 Å². The maximum atomic E-state index is 13.9. The van der Waals surface area contributed by atoms with E-state index >= 15 is 0 Å². The highest BCUT2D eigenvalue weighted by molar-refractivity contribution is 9.10. The first-order valence-electron chi connectivity index (χ1n) is 13.9. The fourth-order valence-corrected chi connectivity index (χ4v) is 6.02. The second-order valence-electron chi connectivity index (χ2n) is 10.4. The molecule has 3 rings (SSSR count). The summed E-state index contributed by atoms with van der Waals surface area (Å²) in [7, 11) is -3.56. The van der Waals surface area contributed by atoms with Crippen molar-refractivity contribution in [2.24, 2.45) is 0 Å². The number of nitrogens with one attached hydrogen (secondary N) is 1. The number of hydrogen-bond donors (Lipinski definition) is 1. The lowest BCUT2D eigenvalue weighted by molar-refractivity contribution is -0.141. The number of amides is 2. The van der Waals surface area contributed by atoms with Gasteiger partial charge in [0.2, 0.25) is 21.8 Å². The molecular weight excluding hydrogens is 602 g/mol. The summed E-state index contributed by atoms with van der Waals surface area (Å²) < 4.78 is 27.7. The molecule has 3 aromatic carbocycles. The zero-order chi connectivity index (χ0) is 30.0. The Hall–Kier alpha value is -3.17. The van der Waals surface area contributed by atoms with E-state index in [0.29, 0.717) is 25.1 Å². The van der Waals surface area contributed by atoms with Crippen LogP contribution >= 0.6 is 15.9 Å². The van der Waals surface area contributed by atoms with Gasteiger partial charge in [-0.05, 0) is 73.2 Å². The van der Waals surface area contributed by atoms with Gasteiger partial charge in [0, 0.05) is 36.9 Å². The first kappa shape index (κ1) is 32.3. The van der Waals surface area contributed by atoms with E-state index in [2.05, 4.69) is 21.2 Å². The molecule has 9 heteroatoms. The number of carbonyl (C=O) groups is 2. The van der Waals surface area contributed by atoms with Crippen molar-refractivity contribution in [3.63, 3.8) is 0 Å². The van der Waals surface area contributed by atoms with E-state index in [4.69, 9.17) is 0 Å². The van der Waals surface area contributed by atoms with E-state index in [1.54, 1.807) is 4.90 Å². The molecule has 0 heterocycles. The molecule has 7 nitrogen and oxygen atoms in total. The fraction of sp³-hybridized carbons (Fsp3) is 0.375. The van der Waals surface area contributed by atoms with Gasteiger partial charge in [0.05, 0.1) is 11.9 Å². The lowest BCUT2D eigenvalue weighted by atomic mass is 10.0. The molecule has 0 saturated carbocycles. The van der Waals surface area contributed by atoms with Crippen molar-refractivity contribution >= 4 is 43.5 Å². The Balaban J connectivity index is 1.87. The van der Waals surface area contributed by atoms with Gasteiger partial charge in [-0.1, -0.05) is 71.4 Å². The Labute approximate surface area is 253 Å². The average Bonchev–Trinajstić information content (AvgIpc) is 2.91. The van der Waals surface area contributed by atoms with Crippen molar-refractivity contribution in [2.75, 3.05) is 23.7 Å². The van der Waals surface area contributed by atoms with Gasteiger partial charge in [0.15, 0.2) is 0 Å². The molecule has 3 aromatic rings. The number of aryl methyl sites for hydroxylation is 2. The number of anilines is 1. The summed E-state index contributed by atoms with van der Waals surface area (Å²) in [6, 6.07) is 22.3. The standard InChI is InChI=1S/C32H40BrN3O4S/c1-5-17-34-32(38)30(22-26-10-7-6-8-11-26)35(23-27-13-15-28(33)16-14-27)31(37)12-9-18-36(41(4,39)40)29-20-24(2)19-25(3)21-29/h6-8,10-11,13-16,19-21,30H,5,9,12,17-18,22-23H2,1-4H3,(H,34,38)/t30-/m0/s1. The van der Waals surface area contributed by atoms with E-state index in [-0.39, 0.29) is 31.3 Å². The molecule has 0 radical (unpaired) electrons. The molecule has 1 N–H and O–H groups in total. The third-order valence-corrected chi connectivity index (χ3v) is 8.46. The Morgan fingerprint density at radius 3 is 2.15 bits per heavy atom. The monoisotopic (exact) mass is 641 g/mol. The highest BCUT2D eigenvalue weighted by Crippen LogP contribution is 2.23. The molecule has 1 atom stereocenters. The van der Waals surface area contributed by atoms with E-state index in [1.807, 2.05) is 93.6 Å². The Morgan fingerprint density at radius 2 is 1.56 bits per heavy atom. The van der Waals surface area contributed by atoms with Crippen molar-refractivity contribution < 1.29 is 18.0 Å². The molecule has 0 unspecified atom stereocenters. The second kappa shape index (κ2) is 15.2. The largest absolute Gasteiger partial charge is 0.354 e. The number of hydrogen-bond acceptors (Lipinski definition) is 4. The summed E-state index contributed by atoms with van der Waals surface area (Å²) in [6.07, 6.45) is 2.74. The SMILES string of the molecule is CCCNC(=O)[C@H](Cc1ccccc1)N(Cc1ccc(Br)cc1)C(=O)CCCN(c1cc(C)cc(C)c1)S(C)(=O)=O. The molecule has 0 bridgehead atoms. The van der Waals surface area contributed by atoms with Crippen LogP contribution in [-0.4, -0.2) is 50.5 Å². The van der Waals surface area contributed by atoms with Crippen LogP contribution in [0.2, 0.25) is 0 Å². The number of sulfonamides is 1. The van der Waals surface area contributed by atoms with Crippen molar-refractivity contribution in [3.05, 3.63) is 99.5 Å². The summed E-state index contributed by atoms with van der Waals surface area (Å²) in [5, 5.41) is 2.98.